The fourth-order valence-electron chi connectivity index (χ4n) is 0.144. The molecular formula is C3H7NO3. The van der Waals surface area contributed by atoms with Crippen molar-refractivity contribution in [3.63, 3.8) is 0 Å². The molecule has 0 fully saturated rings. The van der Waals surface area contributed by atoms with Crippen LogP contribution < -0.4 is 0 Å². The lowest BCUT2D eigenvalue weighted by Crippen LogP contribution is -2.14. The Labute approximate surface area is 40.8 Å². The van der Waals surface area contributed by atoms with Crippen molar-refractivity contribution in [2.75, 3.05) is 13.2 Å². The Hall–Kier alpha value is -0.480. The highest BCUT2D eigenvalue weighted by molar-refractivity contribution is 4.53. The molecular weight excluding hydrogens is 98.0 g/mol. The summed E-state index contributed by atoms with van der Waals surface area (Å²) in [5, 5.41) is 18.7. The summed E-state index contributed by atoms with van der Waals surface area (Å²) in [6.07, 6.45) is -0.975. The summed E-state index contributed by atoms with van der Waals surface area (Å²) in [4.78, 5) is 9.25. The normalized spacial score (nSPS) is 13.4. The first-order chi connectivity index (χ1) is 3.31. The molecule has 4 nitrogen and oxygen atoms in total. The Morgan fingerprint density at radius 3 is 2.43 bits per heavy atom. The molecule has 1 atom stereocenters. The van der Waals surface area contributed by atoms with Gasteiger partial charge in [0.1, 0.15) is 6.54 Å². The molecule has 4 heteroatoms. The number of hydrogen-bond acceptors (Lipinski definition) is 4. The second-order valence-electron chi connectivity index (χ2n) is 1.15. The molecule has 42 valence electrons. The van der Waals surface area contributed by atoms with E-state index in [0.29, 0.717) is 0 Å². The number of rotatable bonds is 3. The van der Waals surface area contributed by atoms with Gasteiger partial charge in [-0.3, -0.25) is 0 Å². The van der Waals surface area contributed by atoms with Crippen LogP contribution in [0.5, 0.6) is 0 Å². The molecule has 0 aromatic heterocycles. The van der Waals surface area contributed by atoms with Crippen molar-refractivity contribution < 1.29 is 10.2 Å². The van der Waals surface area contributed by atoms with Crippen molar-refractivity contribution in [1.82, 2.24) is 0 Å². The molecule has 0 aliphatic heterocycles. The lowest BCUT2D eigenvalue weighted by molar-refractivity contribution is 0.102. The van der Waals surface area contributed by atoms with E-state index < -0.39 is 12.7 Å². The third-order valence-corrected chi connectivity index (χ3v) is 0.496. The number of aliphatic hydroxyl groups excluding tert-OH is 2. The van der Waals surface area contributed by atoms with Gasteiger partial charge in [0.05, 0.1) is 12.7 Å². The quantitative estimate of drug-likeness (QED) is 0.457. The zero-order valence-electron chi connectivity index (χ0n) is 3.74. The SMILES string of the molecule is O=NCC(O)CO. The van der Waals surface area contributed by atoms with Crippen LogP contribution in [0.25, 0.3) is 0 Å². The van der Waals surface area contributed by atoms with Crippen molar-refractivity contribution >= 4 is 0 Å². The first-order valence-electron chi connectivity index (χ1n) is 1.89. The summed E-state index contributed by atoms with van der Waals surface area (Å²) in [6, 6.07) is 0. The van der Waals surface area contributed by atoms with Gasteiger partial charge in [-0.05, 0) is 0 Å². The number of aliphatic hydroxyl groups is 2. The third-order valence-electron chi connectivity index (χ3n) is 0.496. The Bertz CT molecular complexity index is 56.1. The van der Waals surface area contributed by atoms with E-state index in [1.807, 2.05) is 0 Å². The minimum Gasteiger partial charge on any atom is -0.394 e. The predicted molar refractivity (Wildman–Crippen MR) is 23.8 cm³/mol. The van der Waals surface area contributed by atoms with Gasteiger partial charge < -0.3 is 10.2 Å². The molecule has 7 heavy (non-hydrogen) atoms. The molecule has 0 bridgehead atoms. The fraction of sp³-hybridized carbons (Fsp3) is 1.00. The van der Waals surface area contributed by atoms with Crippen LogP contribution in [0.2, 0.25) is 0 Å². The molecule has 0 radical (unpaired) electrons. The van der Waals surface area contributed by atoms with Crippen LogP contribution in [0.4, 0.5) is 0 Å². The lowest BCUT2D eigenvalue weighted by atomic mass is 10.4. The van der Waals surface area contributed by atoms with Gasteiger partial charge in [0.2, 0.25) is 0 Å². The molecule has 0 aromatic carbocycles. The molecule has 2 N–H and O–H groups in total. The average Bonchev–Trinajstić information content (AvgIpc) is 1.68. The zero-order valence-corrected chi connectivity index (χ0v) is 3.74. The fourth-order valence-corrected chi connectivity index (χ4v) is 0.144. The van der Waals surface area contributed by atoms with E-state index in [9.17, 15) is 4.91 Å². The van der Waals surface area contributed by atoms with Crippen LogP contribution in [0, 0.1) is 4.91 Å². The van der Waals surface area contributed by atoms with Crippen LogP contribution in [0.1, 0.15) is 0 Å². The van der Waals surface area contributed by atoms with Gasteiger partial charge in [0, 0.05) is 0 Å². The van der Waals surface area contributed by atoms with Gasteiger partial charge in [0.25, 0.3) is 0 Å². The molecule has 0 spiro atoms. The number of nitroso groups, excluding NO2 is 1. The number of hydrogen-bond donors (Lipinski definition) is 2. The lowest BCUT2D eigenvalue weighted by Gasteiger charge is -1.95. The number of nitrogens with zero attached hydrogens (tertiary/aromatic N) is 1. The minimum absolute atomic E-state index is 0.226. The highest BCUT2D eigenvalue weighted by atomic mass is 16.3. The van der Waals surface area contributed by atoms with Gasteiger partial charge in [-0.1, -0.05) is 5.18 Å². The highest BCUT2D eigenvalue weighted by Gasteiger charge is 1.97. The monoisotopic (exact) mass is 105 g/mol. The first kappa shape index (κ1) is 6.52. The zero-order chi connectivity index (χ0) is 5.70. The molecule has 1 unspecified atom stereocenters. The summed E-state index contributed by atoms with van der Waals surface area (Å²) in [5.41, 5.74) is 0. The Kier molecular flexibility index (Phi) is 3.45. The Balaban J connectivity index is 2.98. The molecule has 0 saturated carbocycles. The van der Waals surface area contributed by atoms with Gasteiger partial charge >= 0.3 is 0 Å². The van der Waals surface area contributed by atoms with E-state index in [2.05, 4.69) is 5.18 Å². The van der Waals surface area contributed by atoms with Crippen LogP contribution in [-0.2, 0) is 0 Å². The maximum Gasteiger partial charge on any atom is 0.109 e. The second kappa shape index (κ2) is 3.70. The average molecular weight is 105 g/mol. The van der Waals surface area contributed by atoms with Gasteiger partial charge in [-0.15, -0.1) is 0 Å². The molecule has 0 aromatic rings. The van der Waals surface area contributed by atoms with E-state index in [1.54, 1.807) is 0 Å². The van der Waals surface area contributed by atoms with Crippen LogP contribution in [0.3, 0.4) is 0 Å². The van der Waals surface area contributed by atoms with Crippen molar-refractivity contribution in [1.29, 1.82) is 0 Å². The van der Waals surface area contributed by atoms with E-state index in [0.717, 1.165) is 0 Å². The van der Waals surface area contributed by atoms with Crippen molar-refractivity contribution in [2.24, 2.45) is 5.18 Å². The summed E-state index contributed by atoms with van der Waals surface area (Å²) in [7, 11) is 0. The van der Waals surface area contributed by atoms with E-state index in [1.165, 1.54) is 0 Å². The van der Waals surface area contributed by atoms with E-state index in [-0.39, 0.29) is 6.54 Å². The summed E-state index contributed by atoms with van der Waals surface area (Å²) in [6.45, 7) is -0.623. The molecule has 0 rings (SSSR count). The van der Waals surface area contributed by atoms with Crippen molar-refractivity contribution in [2.45, 2.75) is 6.10 Å². The van der Waals surface area contributed by atoms with Crippen molar-refractivity contribution in [3.8, 4) is 0 Å². The van der Waals surface area contributed by atoms with Crippen LogP contribution >= 0.6 is 0 Å². The maximum absolute atomic E-state index is 9.25. The van der Waals surface area contributed by atoms with E-state index >= 15 is 0 Å². The largest absolute Gasteiger partial charge is 0.394 e. The third kappa shape index (κ3) is 3.35. The summed E-state index contributed by atoms with van der Waals surface area (Å²) in [5.74, 6) is 0. The van der Waals surface area contributed by atoms with Gasteiger partial charge in [-0.25, -0.2) is 0 Å². The topological polar surface area (TPSA) is 69.9 Å². The second-order valence-corrected chi connectivity index (χ2v) is 1.15. The molecule has 0 heterocycles. The van der Waals surface area contributed by atoms with Crippen LogP contribution in [-0.4, -0.2) is 29.5 Å². The minimum atomic E-state index is -0.975. The highest BCUT2D eigenvalue weighted by Crippen LogP contribution is 1.78. The first-order valence-corrected chi connectivity index (χ1v) is 1.89. The summed E-state index contributed by atoms with van der Waals surface area (Å²) < 4.78 is 0. The summed E-state index contributed by atoms with van der Waals surface area (Å²) >= 11 is 0. The molecule has 0 saturated heterocycles. The van der Waals surface area contributed by atoms with E-state index in [4.69, 9.17) is 10.2 Å². The van der Waals surface area contributed by atoms with Crippen LogP contribution in [0.15, 0.2) is 5.18 Å². The molecule has 0 amide bonds. The standard InChI is InChI=1S/C3H7NO3/c5-2-3(6)1-4-7/h3,5-6H,1-2H2. The van der Waals surface area contributed by atoms with Crippen molar-refractivity contribution in [3.05, 3.63) is 4.91 Å². The Morgan fingerprint density at radius 2 is 2.29 bits per heavy atom. The smallest absolute Gasteiger partial charge is 0.109 e. The Morgan fingerprint density at radius 1 is 1.71 bits per heavy atom. The molecule has 0 aliphatic rings. The van der Waals surface area contributed by atoms with Gasteiger partial charge in [-0.2, -0.15) is 4.91 Å². The predicted octanol–water partition coefficient (Wildman–Crippen LogP) is -0.894. The van der Waals surface area contributed by atoms with Gasteiger partial charge in [0.15, 0.2) is 0 Å². The maximum atomic E-state index is 9.25. The molecule has 0 aliphatic carbocycles.